The van der Waals surface area contributed by atoms with Gasteiger partial charge in [-0.3, -0.25) is 4.90 Å². The zero-order valence-corrected chi connectivity index (χ0v) is 11.0. The smallest absolute Gasteiger partial charge is 0.200 e. The molecule has 1 saturated heterocycles. The van der Waals surface area contributed by atoms with Crippen LogP contribution in [0.15, 0.2) is 42.7 Å². The molecular weight excluding hydrogens is 236 g/mol. The zero-order valence-electron chi connectivity index (χ0n) is 11.0. The minimum atomic E-state index is 0.489. The maximum atomic E-state index is 4.23. The maximum absolute atomic E-state index is 4.23. The Kier molecular flexibility index (Phi) is 3.79. The van der Waals surface area contributed by atoms with E-state index >= 15 is 0 Å². The summed E-state index contributed by atoms with van der Waals surface area (Å²) in [5, 5.41) is 3.47. The number of nitrogens with zero attached hydrogens (tertiary/aromatic N) is 2. The summed E-state index contributed by atoms with van der Waals surface area (Å²) < 4.78 is 0. The largest absolute Gasteiger partial charge is 0.352 e. The standard InChI is InChI=1S/C15H20N4/c1-2-5-13(6-3-1)11-19-10-4-7-14(12-19)18-15-16-8-9-17-15/h1-3,5-6,8-9,14H,4,7,10-12H2,(H2,16,17,18). The molecule has 0 saturated carbocycles. The van der Waals surface area contributed by atoms with Crippen molar-refractivity contribution in [2.75, 3.05) is 18.4 Å². The lowest BCUT2D eigenvalue weighted by Crippen LogP contribution is -2.41. The van der Waals surface area contributed by atoms with Gasteiger partial charge in [-0.2, -0.15) is 0 Å². The number of hydrogen-bond acceptors (Lipinski definition) is 3. The quantitative estimate of drug-likeness (QED) is 0.883. The van der Waals surface area contributed by atoms with Crippen LogP contribution in [0.2, 0.25) is 0 Å². The molecule has 0 radical (unpaired) electrons. The molecule has 0 bridgehead atoms. The van der Waals surface area contributed by atoms with Gasteiger partial charge in [-0.25, -0.2) is 4.98 Å². The molecule has 1 aliphatic heterocycles. The minimum Gasteiger partial charge on any atom is -0.352 e. The van der Waals surface area contributed by atoms with E-state index in [4.69, 9.17) is 0 Å². The zero-order chi connectivity index (χ0) is 12.9. The van der Waals surface area contributed by atoms with Crippen LogP contribution in [0.5, 0.6) is 0 Å². The fourth-order valence-corrected chi connectivity index (χ4v) is 2.70. The Morgan fingerprint density at radius 2 is 2.21 bits per heavy atom. The molecule has 0 spiro atoms. The Hall–Kier alpha value is -1.81. The summed E-state index contributed by atoms with van der Waals surface area (Å²) in [6.45, 7) is 3.30. The molecule has 19 heavy (non-hydrogen) atoms. The number of aromatic amines is 1. The molecule has 2 N–H and O–H groups in total. The van der Waals surface area contributed by atoms with Crippen LogP contribution < -0.4 is 5.32 Å². The molecule has 3 rings (SSSR count). The summed E-state index contributed by atoms with van der Waals surface area (Å²) in [4.78, 5) is 9.86. The van der Waals surface area contributed by atoms with Crippen molar-refractivity contribution < 1.29 is 0 Å². The van der Waals surface area contributed by atoms with Gasteiger partial charge in [0.25, 0.3) is 0 Å². The molecule has 1 aliphatic rings. The van der Waals surface area contributed by atoms with E-state index in [1.54, 1.807) is 6.20 Å². The Bertz CT molecular complexity index is 480. The first-order chi connectivity index (χ1) is 9.40. The van der Waals surface area contributed by atoms with Crippen LogP contribution in [-0.2, 0) is 6.54 Å². The van der Waals surface area contributed by atoms with Gasteiger partial charge in [-0.15, -0.1) is 0 Å². The second-order valence-electron chi connectivity index (χ2n) is 5.14. The lowest BCUT2D eigenvalue weighted by molar-refractivity contribution is 0.208. The van der Waals surface area contributed by atoms with Crippen molar-refractivity contribution in [2.45, 2.75) is 25.4 Å². The van der Waals surface area contributed by atoms with Crippen molar-refractivity contribution in [1.82, 2.24) is 14.9 Å². The molecule has 1 aromatic heterocycles. The number of likely N-dealkylation sites (tertiary alicyclic amines) is 1. The minimum absolute atomic E-state index is 0.489. The third-order valence-corrected chi connectivity index (χ3v) is 3.59. The summed E-state index contributed by atoms with van der Waals surface area (Å²) in [5.74, 6) is 0.881. The summed E-state index contributed by atoms with van der Waals surface area (Å²) in [6, 6.07) is 11.2. The van der Waals surface area contributed by atoms with Crippen LogP contribution in [0.1, 0.15) is 18.4 Å². The Labute approximate surface area is 113 Å². The summed E-state index contributed by atoms with van der Waals surface area (Å²) in [5.41, 5.74) is 1.39. The average molecular weight is 256 g/mol. The fourth-order valence-electron chi connectivity index (χ4n) is 2.70. The third kappa shape index (κ3) is 3.35. The molecule has 0 amide bonds. The highest BCUT2D eigenvalue weighted by Gasteiger charge is 2.20. The third-order valence-electron chi connectivity index (χ3n) is 3.59. The molecular formula is C15H20N4. The van der Waals surface area contributed by atoms with Crippen molar-refractivity contribution in [3.05, 3.63) is 48.3 Å². The van der Waals surface area contributed by atoms with Crippen molar-refractivity contribution in [1.29, 1.82) is 0 Å². The number of hydrogen-bond donors (Lipinski definition) is 2. The topological polar surface area (TPSA) is 44.0 Å². The van der Waals surface area contributed by atoms with E-state index in [2.05, 4.69) is 50.5 Å². The van der Waals surface area contributed by atoms with Crippen LogP contribution in [0, 0.1) is 0 Å². The van der Waals surface area contributed by atoms with Gasteiger partial charge in [0.05, 0.1) is 0 Å². The lowest BCUT2D eigenvalue weighted by Gasteiger charge is -2.33. The normalized spacial score (nSPS) is 20.3. The van der Waals surface area contributed by atoms with Gasteiger partial charge in [0.15, 0.2) is 5.95 Å². The molecule has 4 heteroatoms. The summed E-state index contributed by atoms with van der Waals surface area (Å²) >= 11 is 0. The number of anilines is 1. The average Bonchev–Trinajstić information content (AvgIpc) is 2.93. The van der Waals surface area contributed by atoms with Crippen LogP contribution in [-0.4, -0.2) is 34.0 Å². The van der Waals surface area contributed by atoms with Gasteiger partial charge >= 0.3 is 0 Å². The Morgan fingerprint density at radius 3 is 3.00 bits per heavy atom. The highest BCUT2D eigenvalue weighted by Crippen LogP contribution is 2.16. The molecule has 1 unspecified atom stereocenters. The predicted octanol–water partition coefficient (Wildman–Crippen LogP) is 2.49. The van der Waals surface area contributed by atoms with Gasteiger partial charge < -0.3 is 10.3 Å². The van der Waals surface area contributed by atoms with Crippen molar-refractivity contribution in [3.8, 4) is 0 Å². The molecule has 4 nitrogen and oxygen atoms in total. The van der Waals surface area contributed by atoms with Gasteiger partial charge in [0, 0.05) is 31.5 Å². The second kappa shape index (κ2) is 5.89. The van der Waals surface area contributed by atoms with Crippen LogP contribution >= 0.6 is 0 Å². The number of piperidine rings is 1. The highest BCUT2D eigenvalue weighted by molar-refractivity contribution is 5.25. The van der Waals surface area contributed by atoms with E-state index in [1.165, 1.54) is 24.9 Å². The van der Waals surface area contributed by atoms with E-state index in [1.807, 2.05) is 6.20 Å². The number of rotatable bonds is 4. The number of benzene rings is 1. The number of H-pyrrole nitrogens is 1. The van der Waals surface area contributed by atoms with Crippen LogP contribution in [0.25, 0.3) is 0 Å². The molecule has 1 fully saturated rings. The van der Waals surface area contributed by atoms with Gasteiger partial charge in [0.2, 0.25) is 0 Å². The number of aromatic nitrogens is 2. The van der Waals surface area contributed by atoms with E-state index in [0.717, 1.165) is 19.0 Å². The van der Waals surface area contributed by atoms with Crippen molar-refractivity contribution in [2.24, 2.45) is 0 Å². The summed E-state index contributed by atoms with van der Waals surface area (Å²) in [7, 11) is 0. The van der Waals surface area contributed by atoms with E-state index in [-0.39, 0.29) is 0 Å². The van der Waals surface area contributed by atoms with Crippen molar-refractivity contribution >= 4 is 5.95 Å². The highest BCUT2D eigenvalue weighted by atomic mass is 15.2. The molecule has 0 aliphatic carbocycles. The molecule has 1 atom stereocenters. The lowest BCUT2D eigenvalue weighted by atomic mass is 10.0. The van der Waals surface area contributed by atoms with Gasteiger partial charge in [-0.1, -0.05) is 30.3 Å². The summed E-state index contributed by atoms with van der Waals surface area (Å²) in [6.07, 6.45) is 6.09. The maximum Gasteiger partial charge on any atom is 0.200 e. The number of nitrogens with one attached hydrogen (secondary N) is 2. The van der Waals surface area contributed by atoms with Crippen molar-refractivity contribution in [3.63, 3.8) is 0 Å². The monoisotopic (exact) mass is 256 g/mol. The Balaban J connectivity index is 1.56. The predicted molar refractivity (Wildman–Crippen MR) is 77.0 cm³/mol. The van der Waals surface area contributed by atoms with Crippen LogP contribution in [0.3, 0.4) is 0 Å². The molecule has 1 aromatic carbocycles. The molecule has 2 aromatic rings. The van der Waals surface area contributed by atoms with Gasteiger partial charge in [0.1, 0.15) is 0 Å². The first kappa shape index (κ1) is 12.2. The number of imidazole rings is 1. The van der Waals surface area contributed by atoms with Crippen LogP contribution in [0.4, 0.5) is 5.95 Å². The van der Waals surface area contributed by atoms with E-state index < -0.39 is 0 Å². The van der Waals surface area contributed by atoms with E-state index in [9.17, 15) is 0 Å². The SMILES string of the molecule is c1ccc(CN2CCCC(Nc3ncc[nH]3)C2)cc1. The Morgan fingerprint density at radius 1 is 1.32 bits per heavy atom. The molecule has 100 valence electrons. The van der Waals surface area contributed by atoms with E-state index in [0.29, 0.717) is 6.04 Å². The first-order valence-electron chi connectivity index (χ1n) is 6.92. The second-order valence-corrected chi connectivity index (χ2v) is 5.14. The first-order valence-corrected chi connectivity index (χ1v) is 6.92. The fraction of sp³-hybridized carbons (Fsp3) is 0.400. The van der Waals surface area contributed by atoms with Gasteiger partial charge in [-0.05, 0) is 24.9 Å². The molecule has 2 heterocycles.